The minimum absolute atomic E-state index is 0.108. The van der Waals surface area contributed by atoms with Crippen LogP contribution in [0.4, 0.5) is 0 Å². The number of ether oxygens (including phenoxy) is 1. The maximum Gasteiger partial charge on any atom is 0.305 e. The van der Waals surface area contributed by atoms with Crippen LogP contribution in [0.3, 0.4) is 0 Å². The van der Waals surface area contributed by atoms with Crippen molar-refractivity contribution in [2.75, 3.05) is 12.9 Å². The second-order valence-corrected chi connectivity index (χ2v) is 10.8. The Bertz CT molecular complexity index is 422. The normalized spacial score (nSPS) is 31.2. The summed E-state index contributed by atoms with van der Waals surface area (Å²) in [5, 5.41) is 0.639. The van der Waals surface area contributed by atoms with Crippen molar-refractivity contribution in [1.82, 2.24) is 0 Å². The molecule has 2 rings (SSSR count). The van der Waals surface area contributed by atoms with Gasteiger partial charge in [0.15, 0.2) is 0 Å². The Labute approximate surface area is 142 Å². The van der Waals surface area contributed by atoms with E-state index >= 15 is 0 Å². The van der Waals surface area contributed by atoms with Crippen LogP contribution in [0.5, 0.6) is 0 Å². The average Bonchev–Trinajstić information content (AvgIpc) is 2.40. The largest absolute Gasteiger partial charge is 0.469 e. The van der Waals surface area contributed by atoms with E-state index in [1.807, 2.05) is 11.8 Å². The Morgan fingerprint density at radius 3 is 2.77 bits per heavy atom. The number of hydrogen-bond acceptors (Lipinski definition) is 5. The zero-order valence-electron chi connectivity index (χ0n) is 14.0. The summed E-state index contributed by atoms with van der Waals surface area (Å²) in [6, 6.07) is 0. The van der Waals surface area contributed by atoms with Crippen LogP contribution < -0.4 is 0 Å². The van der Waals surface area contributed by atoms with Crippen molar-refractivity contribution in [3.8, 4) is 0 Å². The highest BCUT2D eigenvalue weighted by Crippen LogP contribution is 2.57. The summed E-state index contributed by atoms with van der Waals surface area (Å²) in [6.07, 6.45) is 7.50. The van der Waals surface area contributed by atoms with Crippen molar-refractivity contribution in [2.24, 2.45) is 5.41 Å². The minimum atomic E-state index is -0.108. The van der Waals surface area contributed by atoms with E-state index in [4.69, 9.17) is 0 Å². The molecule has 1 spiro atoms. The van der Waals surface area contributed by atoms with Gasteiger partial charge in [0, 0.05) is 24.5 Å². The highest BCUT2D eigenvalue weighted by molar-refractivity contribution is 8.19. The molecule has 1 saturated heterocycles. The van der Waals surface area contributed by atoms with Crippen LogP contribution >= 0.6 is 23.5 Å². The SMILES string of the molecule is COC(=O)CCCCC1CCSC2(CC(=O)CC(C)(C)C2)S1. The summed E-state index contributed by atoms with van der Waals surface area (Å²) in [4.78, 5) is 23.3. The van der Waals surface area contributed by atoms with Gasteiger partial charge in [0.05, 0.1) is 11.2 Å². The van der Waals surface area contributed by atoms with Crippen molar-refractivity contribution in [2.45, 2.75) is 74.5 Å². The Hall–Kier alpha value is -0.160. The summed E-state index contributed by atoms with van der Waals surface area (Å²) in [7, 11) is 1.45. The Balaban J connectivity index is 1.83. The number of hydrogen-bond donors (Lipinski definition) is 0. The van der Waals surface area contributed by atoms with Gasteiger partial charge in [-0.3, -0.25) is 9.59 Å². The summed E-state index contributed by atoms with van der Waals surface area (Å²) < 4.78 is 4.80. The second kappa shape index (κ2) is 7.61. The number of unbranched alkanes of at least 4 members (excludes halogenated alkanes) is 1. The molecule has 2 aliphatic rings. The van der Waals surface area contributed by atoms with E-state index in [0.29, 0.717) is 17.5 Å². The number of Topliss-reactive ketones (excluding diaryl/α,β-unsaturated/α-hetero) is 1. The molecule has 126 valence electrons. The molecule has 1 heterocycles. The number of rotatable bonds is 5. The Morgan fingerprint density at radius 1 is 1.32 bits per heavy atom. The van der Waals surface area contributed by atoms with Crippen molar-refractivity contribution in [3.05, 3.63) is 0 Å². The predicted molar refractivity (Wildman–Crippen MR) is 94.3 cm³/mol. The van der Waals surface area contributed by atoms with Crippen LogP contribution in [0.15, 0.2) is 0 Å². The first-order valence-corrected chi connectivity index (χ1v) is 10.1. The zero-order chi connectivity index (χ0) is 16.2. The smallest absolute Gasteiger partial charge is 0.305 e. The van der Waals surface area contributed by atoms with E-state index in [9.17, 15) is 9.59 Å². The van der Waals surface area contributed by atoms with E-state index < -0.39 is 0 Å². The van der Waals surface area contributed by atoms with E-state index in [2.05, 4.69) is 30.3 Å². The molecule has 0 aromatic rings. The van der Waals surface area contributed by atoms with Crippen LogP contribution in [-0.4, -0.2) is 33.9 Å². The van der Waals surface area contributed by atoms with Gasteiger partial charge in [-0.05, 0) is 36.9 Å². The third kappa shape index (κ3) is 5.19. The van der Waals surface area contributed by atoms with Crippen molar-refractivity contribution >= 4 is 35.3 Å². The monoisotopic (exact) mass is 344 g/mol. The molecule has 1 aliphatic carbocycles. The molecular formula is C17H28O3S2. The lowest BCUT2D eigenvalue weighted by Gasteiger charge is -2.47. The number of ketones is 1. The highest BCUT2D eigenvalue weighted by Gasteiger charge is 2.47. The van der Waals surface area contributed by atoms with Crippen LogP contribution in [0, 0.1) is 5.41 Å². The molecule has 3 nitrogen and oxygen atoms in total. The predicted octanol–water partition coefficient (Wildman–Crippen LogP) is 4.43. The fourth-order valence-electron chi connectivity index (χ4n) is 3.66. The van der Waals surface area contributed by atoms with Crippen molar-refractivity contribution in [3.63, 3.8) is 0 Å². The molecule has 0 aromatic carbocycles. The molecule has 0 aromatic heterocycles. The minimum Gasteiger partial charge on any atom is -0.469 e. The van der Waals surface area contributed by atoms with Crippen molar-refractivity contribution in [1.29, 1.82) is 0 Å². The molecule has 2 fully saturated rings. The fourth-order valence-corrected chi connectivity index (χ4v) is 8.11. The lowest BCUT2D eigenvalue weighted by atomic mass is 9.76. The van der Waals surface area contributed by atoms with Gasteiger partial charge in [-0.2, -0.15) is 0 Å². The molecule has 1 saturated carbocycles. The molecule has 22 heavy (non-hydrogen) atoms. The zero-order valence-corrected chi connectivity index (χ0v) is 15.6. The van der Waals surface area contributed by atoms with Gasteiger partial charge in [0.25, 0.3) is 0 Å². The maximum absolute atomic E-state index is 12.1. The van der Waals surface area contributed by atoms with Crippen LogP contribution in [-0.2, 0) is 14.3 Å². The van der Waals surface area contributed by atoms with Crippen LogP contribution in [0.1, 0.15) is 65.2 Å². The molecule has 0 radical (unpaired) electrons. The first-order valence-electron chi connectivity index (χ1n) is 8.24. The summed E-state index contributed by atoms with van der Waals surface area (Å²) in [5.74, 6) is 1.49. The number of methoxy groups -OCH3 is 1. The quantitative estimate of drug-likeness (QED) is 0.545. The van der Waals surface area contributed by atoms with Gasteiger partial charge in [-0.1, -0.05) is 20.3 Å². The third-order valence-corrected chi connectivity index (χ3v) is 7.88. The maximum atomic E-state index is 12.1. The van der Waals surface area contributed by atoms with Crippen LogP contribution in [0.25, 0.3) is 0 Å². The van der Waals surface area contributed by atoms with Gasteiger partial charge in [-0.25, -0.2) is 0 Å². The lowest BCUT2D eigenvalue weighted by Crippen LogP contribution is -2.41. The number of carbonyl (C=O) groups is 2. The first kappa shape index (κ1) is 18.2. The van der Waals surface area contributed by atoms with Crippen LogP contribution in [0.2, 0.25) is 0 Å². The van der Waals surface area contributed by atoms with Gasteiger partial charge >= 0.3 is 5.97 Å². The Kier molecular flexibility index (Phi) is 6.29. The van der Waals surface area contributed by atoms with Gasteiger partial charge in [-0.15, -0.1) is 23.5 Å². The molecular weight excluding hydrogens is 316 g/mol. The summed E-state index contributed by atoms with van der Waals surface area (Å²) >= 11 is 4.06. The number of carbonyl (C=O) groups excluding carboxylic acids is 2. The van der Waals surface area contributed by atoms with E-state index in [-0.39, 0.29) is 15.5 Å². The second-order valence-electron chi connectivity index (χ2n) is 7.34. The van der Waals surface area contributed by atoms with Crippen molar-refractivity contribution < 1.29 is 14.3 Å². The molecule has 0 N–H and O–H groups in total. The highest BCUT2D eigenvalue weighted by atomic mass is 32.2. The van der Waals surface area contributed by atoms with Gasteiger partial charge < -0.3 is 4.74 Å². The van der Waals surface area contributed by atoms with Gasteiger partial charge in [0.2, 0.25) is 0 Å². The summed E-state index contributed by atoms with van der Waals surface area (Å²) in [6.45, 7) is 4.46. The number of thioether (sulfide) groups is 2. The molecule has 5 heteroatoms. The topological polar surface area (TPSA) is 43.4 Å². The molecule has 0 amide bonds. The average molecular weight is 345 g/mol. The third-order valence-electron chi connectivity index (χ3n) is 4.46. The molecule has 1 aliphatic heterocycles. The number of esters is 1. The molecule has 2 atom stereocenters. The first-order chi connectivity index (χ1) is 10.3. The van der Waals surface area contributed by atoms with E-state index in [0.717, 1.165) is 44.3 Å². The standard InChI is InChI=1S/C17H28O3S2/c1-16(2)10-13(18)11-17(12-16)21-9-8-14(22-17)6-4-5-7-15(19)20-3/h14H,4-12H2,1-3H3. The summed E-state index contributed by atoms with van der Waals surface area (Å²) in [5.41, 5.74) is 0.141. The lowest BCUT2D eigenvalue weighted by molar-refractivity contribution is -0.140. The van der Waals surface area contributed by atoms with Gasteiger partial charge in [0.1, 0.15) is 5.78 Å². The molecule has 0 bridgehead atoms. The molecule has 2 unspecified atom stereocenters. The Morgan fingerprint density at radius 2 is 2.09 bits per heavy atom. The fraction of sp³-hybridized carbons (Fsp3) is 0.882. The van der Waals surface area contributed by atoms with E-state index in [1.54, 1.807) is 0 Å². The van der Waals surface area contributed by atoms with E-state index in [1.165, 1.54) is 13.5 Å².